The summed E-state index contributed by atoms with van der Waals surface area (Å²) in [6.07, 6.45) is 1.29. The maximum atomic E-state index is 11.1. The molecule has 0 aliphatic rings. The Morgan fingerprint density at radius 2 is 1.88 bits per heavy atom. The number of hydrogen-bond acceptors (Lipinski definition) is 4. The highest BCUT2D eigenvalue weighted by Crippen LogP contribution is 2.08. The average molecular weight is 250 g/mol. The van der Waals surface area contributed by atoms with Gasteiger partial charge in [0.2, 0.25) is 0 Å². The third-order valence-electron chi connectivity index (χ3n) is 3.05. The number of sulfone groups is 1. The Kier molecular flexibility index (Phi) is 7.19. The van der Waals surface area contributed by atoms with Crippen molar-refractivity contribution in [2.24, 2.45) is 5.92 Å². The Morgan fingerprint density at radius 3 is 2.31 bits per heavy atom. The molecule has 0 aromatic heterocycles. The molecule has 0 saturated heterocycles. The van der Waals surface area contributed by atoms with Gasteiger partial charge in [0.05, 0.1) is 5.75 Å². The van der Waals surface area contributed by atoms with E-state index in [4.69, 9.17) is 0 Å². The molecular weight excluding hydrogens is 224 g/mol. The highest BCUT2D eigenvalue weighted by atomic mass is 32.2. The first-order chi connectivity index (χ1) is 7.28. The largest absolute Gasteiger partial charge is 0.317 e. The molecule has 0 saturated carbocycles. The van der Waals surface area contributed by atoms with E-state index < -0.39 is 9.84 Å². The molecule has 0 aliphatic heterocycles. The average Bonchev–Trinajstić information content (AvgIpc) is 2.20. The third kappa shape index (κ3) is 7.19. The first-order valence-corrected chi connectivity index (χ1v) is 7.92. The van der Waals surface area contributed by atoms with E-state index in [2.05, 4.69) is 31.0 Å². The van der Waals surface area contributed by atoms with Gasteiger partial charge in [0, 0.05) is 18.8 Å². The zero-order chi connectivity index (χ0) is 12.8. The second kappa shape index (κ2) is 7.25. The molecule has 0 heterocycles. The Morgan fingerprint density at radius 1 is 1.31 bits per heavy atom. The zero-order valence-corrected chi connectivity index (χ0v) is 12.0. The first-order valence-electron chi connectivity index (χ1n) is 5.86. The van der Waals surface area contributed by atoms with E-state index in [0.29, 0.717) is 18.5 Å². The van der Waals surface area contributed by atoms with Crippen LogP contribution < -0.4 is 5.32 Å². The van der Waals surface area contributed by atoms with Crippen molar-refractivity contribution in [1.29, 1.82) is 0 Å². The van der Waals surface area contributed by atoms with Crippen LogP contribution in [0.15, 0.2) is 0 Å². The van der Waals surface area contributed by atoms with Crippen molar-refractivity contribution < 1.29 is 8.42 Å². The second-order valence-corrected chi connectivity index (χ2v) is 6.90. The van der Waals surface area contributed by atoms with Crippen LogP contribution in [0.5, 0.6) is 0 Å². The molecule has 98 valence electrons. The van der Waals surface area contributed by atoms with Crippen LogP contribution in [0.3, 0.4) is 0 Å². The van der Waals surface area contributed by atoms with Crippen LogP contribution in [0.1, 0.15) is 20.8 Å². The third-order valence-corrected chi connectivity index (χ3v) is 3.97. The Labute approximate surface area is 100 Å². The van der Waals surface area contributed by atoms with Crippen molar-refractivity contribution in [3.05, 3.63) is 0 Å². The van der Waals surface area contributed by atoms with Crippen molar-refractivity contribution in [1.82, 2.24) is 10.2 Å². The van der Waals surface area contributed by atoms with Gasteiger partial charge in [-0.1, -0.05) is 13.8 Å². The van der Waals surface area contributed by atoms with Crippen LogP contribution in [0.25, 0.3) is 0 Å². The minimum Gasteiger partial charge on any atom is -0.317 e. The minimum atomic E-state index is -2.85. The molecule has 0 rings (SSSR count). The highest BCUT2D eigenvalue weighted by molar-refractivity contribution is 7.90. The Bertz CT molecular complexity index is 278. The van der Waals surface area contributed by atoms with E-state index in [1.807, 2.05) is 7.05 Å². The number of hydrogen-bond donors (Lipinski definition) is 1. The van der Waals surface area contributed by atoms with Crippen molar-refractivity contribution >= 4 is 9.84 Å². The van der Waals surface area contributed by atoms with Crippen LogP contribution in [-0.4, -0.2) is 58.1 Å². The van der Waals surface area contributed by atoms with E-state index >= 15 is 0 Å². The highest BCUT2D eigenvalue weighted by Gasteiger charge is 2.17. The lowest BCUT2D eigenvalue weighted by Crippen LogP contribution is -2.40. The number of rotatable bonds is 8. The van der Waals surface area contributed by atoms with E-state index in [9.17, 15) is 8.42 Å². The van der Waals surface area contributed by atoms with Crippen LogP contribution in [-0.2, 0) is 9.84 Å². The van der Waals surface area contributed by atoms with Gasteiger partial charge in [-0.2, -0.15) is 0 Å². The molecule has 0 bridgehead atoms. The summed E-state index contributed by atoms with van der Waals surface area (Å²) in [5.41, 5.74) is 0. The van der Waals surface area contributed by atoms with Gasteiger partial charge in [0.15, 0.2) is 0 Å². The van der Waals surface area contributed by atoms with Crippen LogP contribution in [0.2, 0.25) is 0 Å². The SMILES string of the molecule is CCNCC(C)C(C)N(C)CCS(C)(=O)=O. The van der Waals surface area contributed by atoms with Gasteiger partial charge in [-0.15, -0.1) is 0 Å². The lowest BCUT2D eigenvalue weighted by molar-refractivity contribution is 0.206. The normalized spacial score (nSPS) is 16.4. The topological polar surface area (TPSA) is 49.4 Å². The van der Waals surface area contributed by atoms with Gasteiger partial charge in [-0.25, -0.2) is 8.42 Å². The van der Waals surface area contributed by atoms with E-state index in [-0.39, 0.29) is 5.75 Å². The molecule has 2 unspecified atom stereocenters. The van der Waals surface area contributed by atoms with E-state index in [1.165, 1.54) is 6.26 Å². The molecule has 0 amide bonds. The molecular formula is C11H26N2O2S. The van der Waals surface area contributed by atoms with Crippen molar-refractivity contribution in [3.63, 3.8) is 0 Å². The predicted octanol–water partition coefficient (Wildman–Crippen LogP) is 0.597. The molecule has 2 atom stereocenters. The standard InChI is InChI=1S/C11H26N2O2S/c1-6-12-9-10(2)11(3)13(4)7-8-16(5,14)15/h10-12H,6-9H2,1-5H3. The summed E-state index contributed by atoms with van der Waals surface area (Å²) >= 11 is 0. The molecule has 0 aliphatic carbocycles. The summed E-state index contributed by atoms with van der Waals surface area (Å²) in [5.74, 6) is 0.756. The molecule has 0 aromatic carbocycles. The fourth-order valence-electron chi connectivity index (χ4n) is 1.49. The van der Waals surface area contributed by atoms with Gasteiger partial charge in [0.25, 0.3) is 0 Å². The first kappa shape index (κ1) is 15.9. The van der Waals surface area contributed by atoms with Gasteiger partial charge < -0.3 is 10.2 Å². The summed E-state index contributed by atoms with van der Waals surface area (Å²) in [6, 6.07) is 0.390. The fourth-order valence-corrected chi connectivity index (χ4v) is 2.11. The molecule has 0 aromatic rings. The van der Waals surface area contributed by atoms with Crippen LogP contribution in [0.4, 0.5) is 0 Å². The monoisotopic (exact) mass is 250 g/mol. The summed E-state index contributed by atoms with van der Waals surface area (Å²) in [6.45, 7) is 8.97. The second-order valence-electron chi connectivity index (χ2n) is 4.64. The Hall–Kier alpha value is -0.130. The van der Waals surface area contributed by atoms with E-state index in [1.54, 1.807) is 0 Å². The van der Waals surface area contributed by atoms with Crippen molar-refractivity contribution in [3.8, 4) is 0 Å². The smallest absolute Gasteiger partial charge is 0.148 e. The van der Waals surface area contributed by atoms with Gasteiger partial charge in [-0.05, 0) is 33.0 Å². The van der Waals surface area contributed by atoms with E-state index in [0.717, 1.165) is 13.1 Å². The number of nitrogens with one attached hydrogen (secondary N) is 1. The van der Waals surface area contributed by atoms with Gasteiger partial charge in [0.1, 0.15) is 9.84 Å². The summed E-state index contributed by atoms with van der Waals surface area (Å²) in [5, 5.41) is 3.31. The molecule has 16 heavy (non-hydrogen) atoms. The lowest BCUT2D eigenvalue weighted by atomic mass is 10.0. The molecule has 0 fully saturated rings. The lowest BCUT2D eigenvalue weighted by Gasteiger charge is -2.29. The molecule has 1 N–H and O–H groups in total. The Balaban J connectivity index is 4.02. The van der Waals surface area contributed by atoms with Crippen molar-refractivity contribution in [2.75, 3.05) is 38.7 Å². The van der Waals surface area contributed by atoms with Crippen LogP contribution >= 0.6 is 0 Å². The molecule has 4 nitrogen and oxygen atoms in total. The minimum absolute atomic E-state index is 0.238. The molecule has 5 heteroatoms. The zero-order valence-electron chi connectivity index (χ0n) is 11.2. The fraction of sp³-hybridized carbons (Fsp3) is 1.00. The maximum absolute atomic E-state index is 11.1. The summed E-state index contributed by atoms with van der Waals surface area (Å²) < 4.78 is 22.1. The van der Waals surface area contributed by atoms with Gasteiger partial charge in [-0.3, -0.25) is 0 Å². The number of nitrogens with zero attached hydrogens (tertiary/aromatic N) is 1. The summed E-state index contributed by atoms with van der Waals surface area (Å²) in [7, 11) is -0.868. The molecule has 0 radical (unpaired) electrons. The molecule has 0 spiro atoms. The van der Waals surface area contributed by atoms with Gasteiger partial charge >= 0.3 is 0 Å². The summed E-state index contributed by atoms with van der Waals surface area (Å²) in [4.78, 5) is 2.11. The maximum Gasteiger partial charge on any atom is 0.148 e. The van der Waals surface area contributed by atoms with Crippen molar-refractivity contribution in [2.45, 2.75) is 26.8 Å². The quantitative estimate of drug-likeness (QED) is 0.685. The predicted molar refractivity (Wildman–Crippen MR) is 69.5 cm³/mol. The van der Waals surface area contributed by atoms with Crippen LogP contribution in [0, 0.1) is 5.92 Å².